The van der Waals surface area contributed by atoms with Crippen LogP contribution in [-0.4, -0.2) is 39.6 Å². The number of aryl methyl sites for hydroxylation is 1. The number of aromatic amines is 1. The van der Waals surface area contributed by atoms with Crippen molar-refractivity contribution in [2.45, 2.75) is 25.8 Å². The quantitative estimate of drug-likeness (QED) is 0.798. The molecular weight excluding hydrogens is 324 g/mol. The Balaban J connectivity index is 1.68. The average molecular weight is 344 g/mol. The zero-order chi connectivity index (χ0) is 18.0. The molecule has 1 saturated heterocycles. The van der Waals surface area contributed by atoms with Crippen LogP contribution in [0.3, 0.4) is 0 Å². The number of nitrogens with one attached hydrogen (secondary N) is 1. The van der Waals surface area contributed by atoms with E-state index in [1.165, 1.54) is 4.68 Å². The highest BCUT2D eigenvalue weighted by Gasteiger charge is 2.25. The molecule has 2 heterocycles. The van der Waals surface area contributed by atoms with E-state index < -0.39 is 0 Å². The van der Waals surface area contributed by atoms with E-state index in [1.54, 1.807) is 29.2 Å². The van der Waals surface area contributed by atoms with Crippen molar-refractivity contribution in [2.75, 3.05) is 13.1 Å². The van der Waals surface area contributed by atoms with Gasteiger partial charge in [0, 0.05) is 25.4 Å². The normalized spacial score (nSPS) is 15.4. The minimum atomic E-state index is -0.357. The van der Waals surface area contributed by atoms with Crippen molar-refractivity contribution in [3.63, 3.8) is 0 Å². The van der Waals surface area contributed by atoms with Crippen molar-refractivity contribution in [3.05, 3.63) is 45.0 Å². The number of hydrogen-bond acceptors (Lipinski definition) is 4. The fourth-order valence-corrected chi connectivity index (χ4v) is 3.18. The lowest BCUT2D eigenvalue weighted by molar-refractivity contribution is -0.135. The molecular formula is C17H20N4O4. The van der Waals surface area contributed by atoms with Gasteiger partial charge < -0.3 is 10.6 Å². The van der Waals surface area contributed by atoms with Gasteiger partial charge in [-0.15, -0.1) is 0 Å². The summed E-state index contributed by atoms with van der Waals surface area (Å²) >= 11 is 0. The van der Waals surface area contributed by atoms with Gasteiger partial charge in [-0.1, -0.05) is 12.1 Å². The molecule has 0 radical (unpaired) electrons. The number of H-pyrrole nitrogens is 1. The van der Waals surface area contributed by atoms with Crippen LogP contribution < -0.4 is 16.9 Å². The summed E-state index contributed by atoms with van der Waals surface area (Å²) in [5.41, 5.74) is 4.61. The van der Waals surface area contributed by atoms with Gasteiger partial charge in [0.2, 0.25) is 11.8 Å². The van der Waals surface area contributed by atoms with E-state index in [0.717, 1.165) is 0 Å². The Hall–Kier alpha value is -2.90. The number of benzene rings is 1. The summed E-state index contributed by atoms with van der Waals surface area (Å²) in [7, 11) is 0. The second kappa shape index (κ2) is 6.92. The summed E-state index contributed by atoms with van der Waals surface area (Å²) in [6.45, 7) is 1.07. The van der Waals surface area contributed by atoms with Crippen molar-refractivity contribution in [1.29, 1.82) is 0 Å². The SMILES string of the molecule is NC(=O)C1CCN(C(=O)CCn2[nH]c(=O)c3ccccc3c2=O)CC1. The largest absolute Gasteiger partial charge is 0.369 e. The Kier molecular flexibility index (Phi) is 4.69. The zero-order valence-electron chi connectivity index (χ0n) is 13.7. The number of amides is 2. The fourth-order valence-electron chi connectivity index (χ4n) is 3.18. The zero-order valence-corrected chi connectivity index (χ0v) is 13.7. The smallest absolute Gasteiger partial charge is 0.273 e. The Bertz CT molecular complexity index is 922. The predicted molar refractivity (Wildman–Crippen MR) is 91.9 cm³/mol. The van der Waals surface area contributed by atoms with Crippen LogP contribution in [0.25, 0.3) is 10.8 Å². The van der Waals surface area contributed by atoms with Gasteiger partial charge in [-0.2, -0.15) is 0 Å². The number of primary amides is 1. The highest BCUT2D eigenvalue weighted by molar-refractivity contribution is 5.80. The van der Waals surface area contributed by atoms with E-state index in [1.807, 2.05) is 0 Å². The monoisotopic (exact) mass is 344 g/mol. The number of likely N-dealkylation sites (tertiary alicyclic amines) is 1. The molecule has 8 heteroatoms. The maximum Gasteiger partial charge on any atom is 0.273 e. The van der Waals surface area contributed by atoms with Crippen LogP contribution in [0, 0.1) is 5.92 Å². The predicted octanol–water partition coefficient (Wildman–Crippen LogP) is -0.196. The topological polar surface area (TPSA) is 118 Å². The van der Waals surface area contributed by atoms with Gasteiger partial charge in [0.1, 0.15) is 0 Å². The van der Waals surface area contributed by atoms with Crippen LogP contribution in [0.1, 0.15) is 19.3 Å². The number of hydrogen-bond donors (Lipinski definition) is 2. The van der Waals surface area contributed by atoms with Crippen molar-refractivity contribution >= 4 is 22.6 Å². The molecule has 0 saturated carbocycles. The van der Waals surface area contributed by atoms with E-state index in [-0.39, 0.29) is 41.8 Å². The highest BCUT2D eigenvalue weighted by atomic mass is 16.2. The van der Waals surface area contributed by atoms with E-state index in [0.29, 0.717) is 36.7 Å². The number of piperidine rings is 1. The lowest BCUT2D eigenvalue weighted by Crippen LogP contribution is -2.42. The molecule has 1 aliphatic rings. The summed E-state index contributed by atoms with van der Waals surface area (Å²) in [6.07, 6.45) is 1.23. The fraction of sp³-hybridized carbons (Fsp3) is 0.412. The molecule has 1 fully saturated rings. The average Bonchev–Trinajstić information content (AvgIpc) is 2.63. The maximum absolute atomic E-state index is 12.4. The second-order valence-electron chi connectivity index (χ2n) is 6.25. The molecule has 132 valence electrons. The van der Waals surface area contributed by atoms with E-state index in [9.17, 15) is 19.2 Å². The molecule has 2 aromatic rings. The minimum absolute atomic E-state index is 0.105. The molecule has 0 unspecified atom stereocenters. The number of fused-ring (bicyclic) bond motifs is 1. The lowest BCUT2D eigenvalue weighted by Gasteiger charge is -2.30. The van der Waals surface area contributed by atoms with Gasteiger partial charge >= 0.3 is 0 Å². The number of nitrogens with zero attached hydrogens (tertiary/aromatic N) is 2. The number of carbonyl (C=O) groups is 2. The molecule has 3 rings (SSSR count). The van der Waals surface area contributed by atoms with Crippen LogP contribution in [0.4, 0.5) is 0 Å². The summed E-state index contributed by atoms with van der Waals surface area (Å²) in [5.74, 6) is -0.611. The molecule has 8 nitrogen and oxygen atoms in total. The van der Waals surface area contributed by atoms with E-state index in [2.05, 4.69) is 5.10 Å². The van der Waals surface area contributed by atoms with Gasteiger partial charge in [0.25, 0.3) is 11.1 Å². The molecule has 0 bridgehead atoms. The first-order valence-corrected chi connectivity index (χ1v) is 8.26. The van der Waals surface area contributed by atoms with Gasteiger partial charge in [-0.05, 0) is 25.0 Å². The number of carbonyl (C=O) groups excluding carboxylic acids is 2. The number of aromatic nitrogens is 2. The molecule has 1 aromatic heterocycles. The van der Waals surface area contributed by atoms with E-state index >= 15 is 0 Å². The van der Waals surface area contributed by atoms with Gasteiger partial charge in [0.05, 0.1) is 17.3 Å². The lowest BCUT2D eigenvalue weighted by atomic mass is 9.96. The molecule has 2 amide bonds. The summed E-state index contributed by atoms with van der Waals surface area (Å²) in [5, 5.41) is 3.19. The van der Waals surface area contributed by atoms with Crippen molar-refractivity contribution in [3.8, 4) is 0 Å². The Morgan fingerprint density at radius 2 is 1.76 bits per heavy atom. The molecule has 0 atom stereocenters. The first kappa shape index (κ1) is 16.9. The number of nitrogens with two attached hydrogens (primary N) is 1. The van der Waals surface area contributed by atoms with Crippen LogP contribution in [-0.2, 0) is 16.1 Å². The second-order valence-corrected chi connectivity index (χ2v) is 6.25. The molecule has 1 aromatic carbocycles. The van der Waals surface area contributed by atoms with Crippen LogP contribution in [0.15, 0.2) is 33.9 Å². The van der Waals surface area contributed by atoms with Gasteiger partial charge in [-0.3, -0.25) is 24.3 Å². The Morgan fingerprint density at radius 1 is 1.12 bits per heavy atom. The molecule has 25 heavy (non-hydrogen) atoms. The van der Waals surface area contributed by atoms with Crippen molar-refractivity contribution < 1.29 is 9.59 Å². The van der Waals surface area contributed by atoms with E-state index in [4.69, 9.17) is 5.73 Å². The summed E-state index contributed by atoms with van der Waals surface area (Å²) in [6, 6.07) is 6.58. The third kappa shape index (κ3) is 3.47. The first-order valence-electron chi connectivity index (χ1n) is 8.26. The molecule has 3 N–H and O–H groups in total. The van der Waals surface area contributed by atoms with Crippen molar-refractivity contribution in [1.82, 2.24) is 14.7 Å². The standard InChI is InChI=1S/C17H20N4O4/c18-15(23)11-5-8-20(9-6-11)14(22)7-10-21-17(25)13-4-2-1-3-12(13)16(24)19-21/h1-4,11H,5-10H2,(H2,18,23)(H,19,24). The summed E-state index contributed by atoms with van der Waals surface area (Å²) in [4.78, 5) is 49.6. The van der Waals surface area contributed by atoms with Crippen LogP contribution >= 0.6 is 0 Å². The van der Waals surface area contributed by atoms with Gasteiger partial charge in [-0.25, -0.2) is 4.68 Å². The minimum Gasteiger partial charge on any atom is -0.369 e. The summed E-state index contributed by atoms with van der Waals surface area (Å²) < 4.78 is 1.18. The Labute approximate surface area is 143 Å². The Morgan fingerprint density at radius 3 is 2.40 bits per heavy atom. The van der Waals surface area contributed by atoms with Crippen molar-refractivity contribution in [2.24, 2.45) is 11.7 Å². The first-order chi connectivity index (χ1) is 12.0. The molecule has 0 spiro atoms. The maximum atomic E-state index is 12.4. The van der Waals surface area contributed by atoms with Crippen LogP contribution in [0.5, 0.6) is 0 Å². The van der Waals surface area contributed by atoms with Gasteiger partial charge in [0.15, 0.2) is 0 Å². The highest BCUT2D eigenvalue weighted by Crippen LogP contribution is 2.17. The third-order valence-corrected chi connectivity index (χ3v) is 4.68. The molecule has 1 aliphatic heterocycles. The van der Waals surface area contributed by atoms with Crippen LogP contribution in [0.2, 0.25) is 0 Å². The molecule has 0 aliphatic carbocycles. The number of rotatable bonds is 4. The third-order valence-electron chi connectivity index (χ3n) is 4.68.